The van der Waals surface area contributed by atoms with E-state index < -0.39 is 0 Å². The summed E-state index contributed by atoms with van der Waals surface area (Å²) in [6, 6.07) is 3.91. The Morgan fingerprint density at radius 3 is 2.88 bits per heavy atom. The van der Waals surface area contributed by atoms with Gasteiger partial charge in [0.2, 0.25) is 5.91 Å². The van der Waals surface area contributed by atoms with Crippen LogP contribution in [0.25, 0.3) is 10.9 Å². The number of pyridine rings is 1. The molecule has 0 spiro atoms. The highest BCUT2D eigenvalue weighted by atomic mass is 16.5. The van der Waals surface area contributed by atoms with Gasteiger partial charge < -0.3 is 20.5 Å². The maximum Gasteiger partial charge on any atom is 0.220 e. The predicted octanol–water partition coefficient (Wildman–Crippen LogP) is 2.81. The smallest absolute Gasteiger partial charge is 0.220 e. The summed E-state index contributed by atoms with van der Waals surface area (Å²) in [7, 11) is 1.63. The van der Waals surface area contributed by atoms with Gasteiger partial charge in [0.15, 0.2) is 11.5 Å². The zero-order valence-corrected chi connectivity index (χ0v) is 15.1. The quantitative estimate of drug-likeness (QED) is 0.760. The lowest BCUT2D eigenvalue weighted by atomic mass is 10.1. The van der Waals surface area contributed by atoms with Crippen molar-refractivity contribution >= 4 is 22.5 Å². The van der Waals surface area contributed by atoms with Crippen LogP contribution < -0.4 is 20.5 Å². The second-order valence-corrected chi connectivity index (χ2v) is 7.17. The largest absolute Gasteiger partial charge is 0.493 e. The molecule has 1 aromatic carbocycles. The minimum atomic E-state index is -0.382. The van der Waals surface area contributed by atoms with Crippen LogP contribution in [-0.2, 0) is 17.6 Å². The number of carbonyl (C=O) groups excluding carboxylic acids is 1. The molecule has 2 aromatic rings. The normalized spacial score (nSPS) is 15.7. The van der Waals surface area contributed by atoms with Crippen molar-refractivity contribution in [1.82, 2.24) is 4.98 Å². The average Bonchev–Trinajstić information content (AvgIpc) is 3.33. The molecule has 1 saturated carbocycles. The SMILES string of the molecule is COc1cc2c(NCC3CC3)c3c(nc2cc1OCCC(N)=O)CCC3. The van der Waals surface area contributed by atoms with Crippen molar-refractivity contribution in [3.8, 4) is 11.5 Å². The van der Waals surface area contributed by atoms with E-state index in [-0.39, 0.29) is 18.9 Å². The molecule has 0 bridgehead atoms. The Hall–Kier alpha value is -2.50. The van der Waals surface area contributed by atoms with Crippen molar-refractivity contribution in [1.29, 1.82) is 0 Å². The standard InChI is InChI=1S/C20H25N3O3/c1-25-17-9-14-16(10-18(17)26-8-7-19(21)24)23-15-4-2-3-13(15)20(14)22-11-12-5-6-12/h9-10,12H,2-8,11H2,1H3,(H2,21,24)(H,22,23). The third kappa shape index (κ3) is 3.41. The Morgan fingerprint density at radius 1 is 1.31 bits per heavy atom. The van der Waals surface area contributed by atoms with Gasteiger partial charge in [-0.2, -0.15) is 0 Å². The van der Waals surface area contributed by atoms with E-state index in [9.17, 15) is 4.79 Å². The molecule has 1 heterocycles. The summed E-state index contributed by atoms with van der Waals surface area (Å²) in [5.41, 5.74) is 9.83. The Bertz CT molecular complexity index is 846. The maximum absolute atomic E-state index is 11.0. The van der Waals surface area contributed by atoms with Crippen molar-refractivity contribution < 1.29 is 14.3 Å². The predicted molar refractivity (Wildman–Crippen MR) is 101 cm³/mol. The van der Waals surface area contributed by atoms with Gasteiger partial charge in [-0.1, -0.05) is 0 Å². The summed E-state index contributed by atoms with van der Waals surface area (Å²) >= 11 is 0. The molecule has 4 rings (SSSR count). The summed E-state index contributed by atoms with van der Waals surface area (Å²) < 4.78 is 11.3. The van der Waals surface area contributed by atoms with Gasteiger partial charge in [-0.05, 0) is 49.7 Å². The molecule has 0 radical (unpaired) electrons. The van der Waals surface area contributed by atoms with E-state index in [1.807, 2.05) is 12.1 Å². The summed E-state index contributed by atoms with van der Waals surface area (Å²) in [5, 5.41) is 4.76. The third-order valence-corrected chi connectivity index (χ3v) is 5.17. The topological polar surface area (TPSA) is 86.5 Å². The van der Waals surface area contributed by atoms with Gasteiger partial charge in [0.05, 0.1) is 25.7 Å². The molecule has 0 aliphatic heterocycles. The number of aryl methyl sites for hydroxylation is 1. The van der Waals surface area contributed by atoms with E-state index in [4.69, 9.17) is 20.2 Å². The molecular formula is C20H25N3O3. The van der Waals surface area contributed by atoms with Gasteiger partial charge in [-0.25, -0.2) is 0 Å². The Labute approximate surface area is 153 Å². The van der Waals surface area contributed by atoms with Crippen LogP contribution in [0.2, 0.25) is 0 Å². The number of hydrogen-bond donors (Lipinski definition) is 2. The number of anilines is 1. The van der Waals surface area contributed by atoms with E-state index in [0.29, 0.717) is 11.5 Å². The molecule has 2 aliphatic rings. The van der Waals surface area contributed by atoms with Crippen molar-refractivity contribution in [3.63, 3.8) is 0 Å². The van der Waals surface area contributed by atoms with Crippen LogP contribution in [0.15, 0.2) is 12.1 Å². The Kier molecular flexibility index (Phi) is 4.57. The van der Waals surface area contributed by atoms with Gasteiger partial charge in [0.25, 0.3) is 0 Å². The second kappa shape index (κ2) is 7.02. The van der Waals surface area contributed by atoms with Crippen LogP contribution in [0.5, 0.6) is 11.5 Å². The zero-order valence-electron chi connectivity index (χ0n) is 15.1. The number of aromatic nitrogens is 1. The second-order valence-electron chi connectivity index (χ2n) is 7.17. The van der Waals surface area contributed by atoms with Gasteiger partial charge >= 0.3 is 0 Å². The van der Waals surface area contributed by atoms with Crippen molar-refractivity contribution in [3.05, 3.63) is 23.4 Å². The molecule has 3 N–H and O–H groups in total. The molecule has 0 unspecified atom stereocenters. The molecule has 0 atom stereocenters. The van der Waals surface area contributed by atoms with E-state index in [1.54, 1.807) is 7.11 Å². The van der Waals surface area contributed by atoms with Gasteiger partial charge in [-0.3, -0.25) is 9.78 Å². The van der Waals surface area contributed by atoms with Crippen LogP contribution in [0.1, 0.15) is 36.9 Å². The molecule has 0 saturated heterocycles. The number of amides is 1. The number of benzene rings is 1. The fourth-order valence-electron chi connectivity index (χ4n) is 3.57. The third-order valence-electron chi connectivity index (χ3n) is 5.17. The number of rotatable bonds is 8. The summed E-state index contributed by atoms with van der Waals surface area (Å²) in [4.78, 5) is 15.8. The number of methoxy groups -OCH3 is 1. The van der Waals surface area contributed by atoms with Crippen LogP contribution in [0, 0.1) is 5.92 Å². The lowest BCUT2D eigenvalue weighted by Crippen LogP contribution is -2.14. The van der Waals surface area contributed by atoms with Gasteiger partial charge in [0.1, 0.15) is 0 Å². The monoisotopic (exact) mass is 355 g/mol. The Morgan fingerprint density at radius 2 is 2.15 bits per heavy atom. The lowest BCUT2D eigenvalue weighted by Gasteiger charge is -2.17. The van der Waals surface area contributed by atoms with Crippen molar-refractivity contribution in [2.75, 3.05) is 25.6 Å². The molecule has 6 nitrogen and oxygen atoms in total. The van der Waals surface area contributed by atoms with Crippen LogP contribution in [-0.4, -0.2) is 31.2 Å². The number of nitrogens with one attached hydrogen (secondary N) is 1. The van der Waals surface area contributed by atoms with Gasteiger partial charge in [-0.15, -0.1) is 0 Å². The molecule has 1 fully saturated rings. The highest BCUT2D eigenvalue weighted by molar-refractivity contribution is 5.96. The van der Waals surface area contributed by atoms with E-state index in [2.05, 4.69) is 5.32 Å². The van der Waals surface area contributed by atoms with Crippen molar-refractivity contribution in [2.45, 2.75) is 38.5 Å². The molecule has 6 heteroatoms. The van der Waals surface area contributed by atoms with Gasteiger partial charge in [0, 0.05) is 29.4 Å². The molecule has 2 aliphatic carbocycles. The number of fused-ring (bicyclic) bond motifs is 2. The highest BCUT2D eigenvalue weighted by Gasteiger charge is 2.25. The van der Waals surface area contributed by atoms with Crippen LogP contribution in [0.4, 0.5) is 5.69 Å². The highest BCUT2D eigenvalue weighted by Crippen LogP contribution is 2.40. The number of nitrogens with two attached hydrogens (primary N) is 1. The van der Waals surface area contributed by atoms with E-state index >= 15 is 0 Å². The number of hydrogen-bond acceptors (Lipinski definition) is 5. The summed E-state index contributed by atoms with van der Waals surface area (Å²) in [6.45, 7) is 1.25. The first-order valence-corrected chi connectivity index (χ1v) is 9.34. The minimum Gasteiger partial charge on any atom is -0.493 e. The number of ether oxygens (including phenoxy) is 2. The molecular weight excluding hydrogens is 330 g/mol. The number of nitrogens with zero attached hydrogens (tertiary/aromatic N) is 1. The summed E-state index contributed by atoms with van der Waals surface area (Å²) in [6.07, 6.45) is 6.05. The lowest BCUT2D eigenvalue weighted by molar-refractivity contribution is -0.118. The zero-order chi connectivity index (χ0) is 18.1. The fraction of sp³-hybridized carbons (Fsp3) is 0.500. The number of primary amides is 1. The number of carbonyl (C=O) groups is 1. The average molecular weight is 355 g/mol. The maximum atomic E-state index is 11.0. The first-order chi connectivity index (χ1) is 12.7. The molecule has 1 aromatic heterocycles. The molecule has 26 heavy (non-hydrogen) atoms. The Balaban J connectivity index is 1.72. The molecule has 138 valence electrons. The van der Waals surface area contributed by atoms with E-state index in [1.165, 1.54) is 29.8 Å². The minimum absolute atomic E-state index is 0.174. The van der Waals surface area contributed by atoms with Crippen LogP contribution in [0.3, 0.4) is 0 Å². The summed E-state index contributed by atoms with van der Waals surface area (Å²) in [5.74, 6) is 1.66. The van der Waals surface area contributed by atoms with Crippen molar-refractivity contribution in [2.24, 2.45) is 11.7 Å². The van der Waals surface area contributed by atoms with E-state index in [0.717, 1.165) is 42.6 Å². The first-order valence-electron chi connectivity index (χ1n) is 9.34. The van der Waals surface area contributed by atoms with Crippen LogP contribution >= 0.6 is 0 Å². The first kappa shape index (κ1) is 16.9. The molecule has 1 amide bonds. The fourth-order valence-corrected chi connectivity index (χ4v) is 3.57.